The van der Waals surface area contributed by atoms with Gasteiger partial charge in [-0.1, -0.05) is 36.4 Å². The first kappa shape index (κ1) is 21.3. The van der Waals surface area contributed by atoms with Crippen LogP contribution in [0.4, 0.5) is 17.1 Å². The molecule has 174 valence electrons. The summed E-state index contributed by atoms with van der Waals surface area (Å²) in [7, 11) is 0. The highest BCUT2D eigenvalue weighted by Gasteiger charge is 2.54. The number of carbonyl (C=O) groups excluding carboxylic acids is 1. The second kappa shape index (κ2) is 7.91. The van der Waals surface area contributed by atoms with Gasteiger partial charge in [0.05, 0.1) is 5.56 Å². The van der Waals surface area contributed by atoms with Crippen molar-refractivity contribution in [2.24, 2.45) is 0 Å². The molecule has 1 unspecified atom stereocenters. The fraction of sp³-hybridized carbons (Fsp3) is 0.167. The van der Waals surface area contributed by atoms with Crippen molar-refractivity contribution in [2.45, 2.75) is 26.4 Å². The number of esters is 1. The number of aryl methyl sites for hydroxylation is 1. The molecule has 1 atom stereocenters. The highest BCUT2D eigenvalue weighted by molar-refractivity contribution is 5.97. The molecule has 2 aliphatic rings. The predicted molar refractivity (Wildman–Crippen MR) is 138 cm³/mol. The molecule has 0 fully saturated rings. The fourth-order valence-electron chi connectivity index (χ4n) is 5.21. The van der Waals surface area contributed by atoms with E-state index in [0.29, 0.717) is 11.3 Å². The summed E-state index contributed by atoms with van der Waals surface area (Å²) in [6.45, 7) is 6.95. The molecular formula is C30H26N2O3. The molecule has 0 bridgehead atoms. The number of para-hydroxylation sites is 1. The minimum absolute atomic E-state index is 0.328. The highest BCUT2D eigenvalue weighted by Crippen LogP contribution is 2.58. The molecule has 0 aromatic heterocycles. The van der Waals surface area contributed by atoms with Gasteiger partial charge in [-0.15, -0.1) is 0 Å². The molecule has 2 aliphatic heterocycles. The number of hydrogen-bond acceptors (Lipinski definition) is 5. The van der Waals surface area contributed by atoms with E-state index in [1.165, 1.54) is 0 Å². The summed E-state index contributed by atoms with van der Waals surface area (Å²) < 4.78 is 12.9. The Kier molecular flexibility index (Phi) is 4.81. The Labute approximate surface area is 204 Å². The Bertz CT molecular complexity index is 1480. The number of anilines is 3. The van der Waals surface area contributed by atoms with Crippen molar-refractivity contribution in [3.05, 3.63) is 112 Å². The number of nitrogens with one attached hydrogen (secondary N) is 2. The van der Waals surface area contributed by atoms with Crippen molar-refractivity contribution in [3.8, 4) is 11.5 Å². The Morgan fingerprint density at radius 3 is 2.40 bits per heavy atom. The lowest BCUT2D eigenvalue weighted by Gasteiger charge is -2.38. The van der Waals surface area contributed by atoms with Gasteiger partial charge in [-0.2, -0.15) is 0 Å². The van der Waals surface area contributed by atoms with Crippen molar-refractivity contribution in [3.63, 3.8) is 0 Å². The maximum atomic E-state index is 13.2. The molecule has 4 aromatic rings. The van der Waals surface area contributed by atoms with Crippen molar-refractivity contribution in [1.82, 2.24) is 0 Å². The number of fused-ring (bicyclic) bond motifs is 6. The fourth-order valence-corrected chi connectivity index (χ4v) is 5.21. The van der Waals surface area contributed by atoms with Crippen LogP contribution in [0.2, 0.25) is 0 Å². The zero-order valence-electron chi connectivity index (χ0n) is 19.9. The summed E-state index contributed by atoms with van der Waals surface area (Å²) in [5.41, 5.74) is 6.90. The summed E-state index contributed by atoms with van der Waals surface area (Å²) in [6, 6.07) is 25.8. The average molecular weight is 463 g/mol. The maximum absolute atomic E-state index is 13.2. The maximum Gasteiger partial charge on any atom is 0.340 e. The van der Waals surface area contributed by atoms with Crippen LogP contribution >= 0.6 is 0 Å². The van der Waals surface area contributed by atoms with Gasteiger partial charge in [-0.05, 0) is 68.8 Å². The molecule has 6 rings (SSSR count). The Morgan fingerprint density at radius 2 is 1.60 bits per heavy atom. The van der Waals surface area contributed by atoms with E-state index in [9.17, 15) is 4.79 Å². The Morgan fingerprint density at radius 1 is 0.829 bits per heavy atom. The monoisotopic (exact) mass is 462 g/mol. The molecule has 35 heavy (non-hydrogen) atoms. The van der Waals surface area contributed by atoms with Crippen LogP contribution in [0.15, 0.2) is 78.9 Å². The van der Waals surface area contributed by atoms with E-state index in [1.807, 2.05) is 86.6 Å². The van der Waals surface area contributed by atoms with Crippen molar-refractivity contribution < 1.29 is 14.3 Å². The van der Waals surface area contributed by atoms with Crippen molar-refractivity contribution in [1.29, 1.82) is 0 Å². The van der Waals surface area contributed by atoms with Gasteiger partial charge in [0.25, 0.3) is 0 Å². The third-order valence-electron chi connectivity index (χ3n) is 6.90. The first-order valence-electron chi connectivity index (χ1n) is 11.9. The van der Waals surface area contributed by atoms with Crippen LogP contribution in [0.25, 0.3) is 0 Å². The lowest BCUT2D eigenvalue weighted by Crippen LogP contribution is -2.33. The van der Waals surface area contributed by atoms with Crippen LogP contribution in [0.3, 0.4) is 0 Å². The number of ether oxygens (including phenoxy) is 2. The lowest BCUT2D eigenvalue weighted by atomic mass is 9.76. The first-order valence-corrected chi connectivity index (χ1v) is 11.9. The standard InChI is InChI=1S/C30H26N2O3/c1-4-31-25-15-14-23-28(19(25)3)34-27-16-18(2)26(32-20-10-6-5-7-11-20)17-24(27)30(23)22-13-9-8-12-21(22)29(33)35-30/h5-17,31-32H,4H2,1-3H3. The van der Waals surface area contributed by atoms with Gasteiger partial charge in [0.1, 0.15) is 11.5 Å². The van der Waals surface area contributed by atoms with E-state index in [4.69, 9.17) is 9.47 Å². The molecule has 0 radical (unpaired) electrons. The summed E-state index contributed by atoms with van der Waals surface area (Å²) in [4.78, 5) is 13.2. The highest BCUT2D eigenvalue weighted by atomic mass is 16.6. The van der Waals surface area contributed by atoms with Crippen molar-refractivity contribution >= 4 is 23.0 Å². The Hall–Kier alpha value is -4.25. The van der Waals surface area contributed by atoms with E-state index >= 15 is 0 Å². The number of carbonyl (C=O) groups is 1. The zero-order valence-corrected chi connectivity index (χ0v) is 19.9. The van der Waals surface area contributed by atoms with Gasteiger partial charge in [-0.3, -0.25) is 0 Å². The first-order chi connectivity index (χ1) is 17.0. The third kappa shape index (κ3) is 3.12. The molecule has 0 saturated heterocycles. The van der Waals surface area contributed by atoms with Crippen LogP contribution < -0.4 is 15.4 Å². The van der Waals surface area contributed by atoms with Gasteiger partial charge >= 0.3 is 5.97 Å². The van der Waals surface area contributed by atoms with Gasteiger partial charge in [0.2, 0.25) is 0 Å². The molecular weight excluding hydrogens is 436 g/mol. The summed E-state index contributed by atoms with van der Waals surface area (Å²) >= 11 is 0. The minimum Gasteiger partial charge on any atom is -0.456 e. The SMILES string of the molecule is CCNc1ccc2c(c1C)Oc1cc(C)c(Nc3ccccc3)cc1C21OC(=O)c2ccccc21. The normalized spacial score (nSPS) is 17.2. The molecule has 2 N–H and O–H groups in total. The lowest BCUT2D eigenvalue weighted by molar-refractivity contribution is 0.0224. The van der Waals surface area contributed by atoms with Gasteiger partial charge in [-0.25, -0.2) is 4.79 Å². The number of hydrogen-bond donors (Lipinski definition) is 2. The van der Waals surface area contributed by atoms with Crippen LogP contribution in [-0.4, -0.2) is 12.5 Å². The molecule has 5 heteroatoms. The molecule has 0 amide bonds. The zero-order chi connectivity index (χ0) is 24.2. The second-order valence-electron chi connectivity index (χ2n) is 9.02. The summed E-state index contributed by atoms with van der Waals surface area (Å²) in [6.07, 6.45) is 0. The molecule has 0 aliphatic carbocycles. The van der Waals surface area contributed by atoms with E-state index in [-0.39, 0.29) is 5.97 Å². The third-order valence-corrected chi connectivity index (χ3v) is 6.90. The van der Waals surface area contributed by atoms with E-state index in [0.717, 1.165) is 57.2 Å². The largest absolute Gasteiger partial charge is 0.456 e. The van der Waals surface area contributed by atoms with Gasteiger partial charge in [0.15, 0.2) is 5.60 Å². The summed E-state index contributed by atoms with van der Waals surface area (Å²) in [5, 5.41) is 6.93. The molecule has 1 spiro atoms. The van der Waals surface area contributed by atoms with E-state index < -0.39 is 5.60 Å². The number of benzene rings is 4. The van der Waals surface area contributed by atoms with Crippen LogP contribution in [-0.2, 0) is 10.3 Å². The van der Waals surface area contributed by atoms with Gasteiger partial charge < -0.3 is 20.1 Å². The molecule has 0 saturated carbocycles. The number of rotatable bonds is 4. The van der Waals surface area contributed by atoms with Crippen LogP contribution in [0.1, 0.15) is 45.1 Å². The molecule has 2 heterocycles. The minimum atomic E-state index is -1.09. The summed E-state index contributed by atoms with van der Waals surface area (Å²) in [5.74, 6) is 1.09. The van der Waals surface area contributed by atoms with E-state index in [1.54, 1.807) is 0 Å². The van der Waals surface area contributed by atoms with Crippen LogP contribution in [0, 0.1) is 13.8 Å². The molecule has 5 nitrogen and oxygen atoms in total. The molecule has 4 aromatic carbocycles. The van der Waals surface area contributed by atoms with E-state index in [2.05, 4.69) is 23.6 Å². The quantitative estimate of drug-likeness (QED) is 0.318. The topological polar surface area (TPSA) is 59.6 Å². The average Bonchev–Trinajstić information content (AvgIpc) is 3.16. The smallest absolute Gasteiger partial charge is 0.340 e. The van der Waals surface area contributed by atoms with Crippen LogP contribution in [0.5, 0.6) is 11.5 Å². The Balaban J connectivity index is 1.62. The predicted octanol–water partition coefficient (Wildman–Crippen LogP) is 7.05. The van der Waals surface area contributed by atoms with Gasteiger partial charge in [0, 0.05) is 45.9 Å². The van der Waals surface area contributed by atoms with Crippen molar-refractivity contribution in [2.75, 3.05) is 17.2 Å². The second-order valence-corrected chi connectivity index (χ2v) is 9.02.